The van der Waals surface area contributed by atoms with Crippen LogP contribution in [-0.4, -0.2) is 4.98 Å². The van der Waals surface area contributed by atoms with Crippen LogP contribution in [0.1, 0.15) is 36.9 Å². The first-order chi connectivity index (χ1) is 5.74. The molecule has 0 aliphatic rings. The van der Waals surface area contributed by atoms with Gasteiger partial charge in [-0.1, -0.05) is 19.4 Å². The summed E-state index contributed by atoms with van der Waals surface area (Å²) in [4.78, 5) is 4.11. The Morgan fingerprint density at radius 2 is 2.25 bits per heavy atom. The molecule has 12 heavy (non-hydrogen) atoms. The van der Waals surface area contributed by atoms with Gasteiger partial charge >= 0.3 is 0 Å². The van der Waals surface area contributed by atoms with Crippen LogP contribution in [-0.2, 0) is 0 Å². The normalized spacial score (nSPS) is 12.9. The van der Waals surface area contributed by atoms with Gasteiger partial charge in [0.1, 0.15) is 0 Å². The van der Waals surface area contributed by atoms with Crippen molar-refractivity contribution in [2.75, 3.05) is 0 Å². The maximum atomic E-state index is 5.93. The number of hydrogen-bond acceptors (Lipinski definition) is 2. The lowest BCUT2D eigenvalue weighted by molar-refractivity contribution is 0.635. The second-order valence-corrected chi connectivity index (χ2v) is 3.19. The van der Waals surface area contributed by atoms with E-state index in [1.54, 1.807) is 0 Å². The fourth-order valence-electron chi connectivity index (χ4n) is 1.26. The number of hydrogen-bond donors (Lipinski definition) is 1. The molecule has 1 unspecified atom stereocenters. The van der Waals surface area contributed by atoms with Crippen molar-refractivity contribution in [2.45, 2.75) is 32.7 Å². The molecular weight excluding hydrogens is 148 g/mol. The van der Waals surface area contributed by atoms with Crippen molar-refractivity contribution in [1.29, 1.82) is 0 Å². The number of pyridine rings is 1. The standard InChI is InChI=1S/C10H16N2/c1-3-4-10(11)9-5-8(2)6-12-7-9/h5-7,10H,3-4,11H2,1-2H3. The third-order valence-corrected chi connectivity index (χ3v) is 1.92. The van der Waals surface area contributed by atoms with E-state index in [-0.39, 0.29) is 6.04 Å². The van der Waals surface area contributed by atoms with Crippen LogP contribution in [0, 0.1) is 6.92 Å². The maximum absolute atomic E-state index is 5.93. The molecule has 0 fully saturated rings. The summed E-state index contributed by atoms with van der Waals surface area (Å²) in [7, 11) is 0. The predicted molar refractivity (Wildman–Crippen MR) is 50.8 cm³/mol. The van der Waals surface area contributed by atoms with Crippen LogP contribution < -0.4 is 5.73 Å². The fourth-order valence-corrected chi connectivity index (χ4v) is 1.26. The van der Waals surface area contributed by atoms with Gasteiger partial charge in [0.05, 0.1) is 0 Å². The Bertz CT molecular complexity index is 245. The average molecular weight is 164 g/mol. The molecule has 2 N–H and O–H groups in total. The van der Waals surface area contributed by atoms with Crippen molar-refractivity contribution in [3.05, 3.63) is 29.6 Å². The van der Waals surface area contributed by atoms with Crippen molar-refractivity contribution < 1.29 is 0 Å². The third kappa shape index (κ3) is 2.31. The molecule has 0 bridgehead atoms. The van der Waals surface area contributed by atoms with Crippen LogP contribution in [0.15, 0.2) is 18.5 Å². The van der Waals surface area contributed by atoms with Crippen LogP contribution in [0.3, 0.4) is 0 Å². The largest absolute Gasteiger partial charge is 0.324 e. The zero-order chi connectivity index (χ0) is 8.97. The fraction of sp³-hybridized carbons (Fsp3) is 0.500. The Balaban J connectivity index is 2.73. The zero-order valence-electron chi connectivity index (χ0n) is 7.75. The first-order valence-corrected chi connectivity index (χ1v) is 4.41. The van der Waals surface area contributed by atoms with E-state index in [9.17, 15) is 0 Å². The van der Waals surface area contributed by atoms with Crippen LogP contribution in [0.4, 0.5) is 0 Å². The minimum absolute atomic E-state index is 0.155. The Labute approximate surface area is 73.8 Å². The molecule has 1 aromatic rings. The molecule has 1 rings (SSSR count). The minimum Gasteiger partial charge on any atom is -0.324 e. The second-order valence-electron chi connectivity index (χ2n) is 3.19. The van der Waals surface area contributed by atoms with Crippen molar-refractivity contribution >= 4 is 0 Å². The number of aromatic nitrogens is 1. The van der Waals surface area contributed by atoms with Gasteiger partial charge in [-0.25, -0.2) is 0 Å². The topological polar surface area (TPSA) is 38.9 Å². The van der Waals surface area contributed by atoms with Gasteiger partial charge < -0.3 is 5.73 Å². The molecule has 0 saturated heterocycles. The molecule has 66 valence electrons. The van der Waals surface area contributed by atoms with E-state index in [1.807, 2.05) is 19.3 Å². The lowest BCUT2D eigenvalue weighted by Gasteiger charge is -2.09. The summed E-state index contributed by atoms with van der Waals surface area (Å²) in [5.74, 6) is 0. The highest BCUT2D eigenvalue weighted by atomic mass is 14.7. The molecule has 2 heteroatoms. The Morgan fingerprint density at radius 1 is 1.50 bits per heavy atom. The average Bonchev–Trinajstić information content (AvgIpc) is 2.05. The van der Waals surface area contributed by atoms with Crippen LogP contribution in [0.25, 0.3) is 0 Å². The first-order valence-electron chi connectivity index (χ1n) is 4.41. The van der Waals surface area contributed by atoms with Gasteiger partial charge in [0, 0.05) is 18.4 Å². The first kappa shape index (κ1) is 9.20. The summed E-state index contributed by atoms with van der Waals surface area (Å²) in [6.07, 6.45) is 5.86. The third-order valence-electron chi connectivity index (χ3n) is 1.92. The zero-order valence-corrected chi connectivity index (χ0v) is 7.75. The molecular formula is C10H16N2. The number of rotatable bonds is 3. The molecule has 0 aromatic carbocycles. The number of nitrogens with zero attached hydrogens (tertiary/aromatic N) is 1. The van der Waals surface area contributed by atoms with Gasteiger partial charge in [-0.15, -0.1) is 0 Å². The Kier molecular flexibility index (Phi) is 3.23. The summed E-state index contributed by atoms with van der Waals surface area (Å²) in [6, 6.07) is 2.26. The lowest BCUT2D eigenvalue weighted by atomic mass is 10.0. The molecule has 0 saturated carbocycles. The second kappa shape index (κ2) is 4.21. The van der Waals surface area contributed by atoms with Crippen LogP contribution >= 0.6 is 0 Å². The van der Waals surface area contributed by atoms with E-state index in [2.05, 4.69) is 18.0 Å². The van der Waals surface area contributed by atoms with Gasteiger partial charge in [-0.3, -0.25) is 4.98 Å². The molecule has 2 nitrogen and oxygen atoms in total. The maximum Gasteiger partial charge on any atom is 0.0315 e. The SMILES string of the molecule is CCCC(N)c1cncc(C)c1. The van der Waals surface area contributed by atoms with E-state index in [1.165, 1.54) is 5.56 Å². The van der Waals surface area contributed by atoms with Crippen molar-refractivity contribution in [2.24, 2.45) is 5.73 Å². The van der Waals surface area contributed by atoms with Crippen molar-refractivity contribution in [3.8, 4) is 0 Å². The molecule has 0 aliphatic carbocycles. The monoisotopic (exact) mass is 164 g/mol. The van der Waals surface area contributed by atoms with Gasteiger partial charge in [0.15, 0.2) is 0 Å². The Morgan fingerprint density at radius 3 is 2.83 bits per heavy atom. The molecule has 1 heterocycles. The molecule has 0 radical (unpaired) electrons. The lowest BCUT2D eigenvalue weighted by Crippen LogP contribution is -2.10. The van der Waals surface area contributed by atoms with Gasteiger partial charge in [0.25, 0.3) is 0 Å². The van der Waals surface area contributed by atoms with E-state index in [0.717, 1.165) is 18.4 Å². The molecule has 1 aromatic heterocycles. The summed E-state index contributed by atoms with van der Waals surface area (Å²) < 4.78 is 0. The van der Waals surface area contributed by atoms with E-state index < -0.39 is 0 Å². The Hall–Kier alpha value is -0.890. The van der Waals surface area contributed by atoms with E-state index in [0.29, 0.717) is 0 Å². The molecule has 0 spiro atoms. The van der Waals surface area contributed by atoms with Crippen LogP contribution in [0.5, 0.6) is 0 Å². The smallest absolute Gasteiger partial charge is 0.0315 e. The highest BCUT2D eigenvalue weighted by Crippen LogP contribution is 2.14. The highest BCUT2D eigenvalue weighted by Gasteiger charge is 2.03. The molecule has 1 atom stereocenters. The summed E-state index contributed by atoms with van der Waals surface area (Å²) >= 11 is 0. The molecule has 0 aliphatic heterocycles. The van der Waals surface area contributed by atoms with Gasteiger partial charge in [-0.05, 0) is 24.5 Å². The quantitative estimate of drug-likeness (QED) is 0.743. The predicted octanol–water partition coefficient (Wildman–Crippen LogP) is 2.19. The summed E-state index contributed by atoms with van der Waals surface area (Å²) in [5, 5.41) is 0. The molecule has 0 amide bonds. The van der Waals surface area contributed by atoms with Gasteiger partial charge in [-0.2, -0.15) is 0 Å². The van der Waals surface area contributed by atoms with Gasteiger partial charge in [0.2, 0.25) is 0 Å². The van der Waals surface area contributed by atoms with E-state index >= 15 is 0 Å². The van der Waals surface area contributed by atoms with E-state index in [4.69, 9.17) is 5.73 Å². The number of aryl methyl sites for hydroxylation is 1. The summed E-state index contributed by atoms with van der Waals surface area (Å²) in [5.41, 5.74) is 8.26. The van der Waals surface area contributed by atoms with Crippen molar-refractivity contribution in [1.82, 2.24) is 4.98 Å². The number of nitrogens with two attached hydrogens (primary N) is 1. The van der Waals surface area contributed by atoms with Crippen molar-refractivity contribution in [3.63, 3.8) is 0 Å². The summed E-state index contributed by atoms with van der Waals surface area (Å²) in [6.45, 7) is 4.18. The highest BCUT2D eigenvalue weighted by molar-refractivity contribution is 5.19. The van der Waals surface area contributed by atoms with Crippen LogP contribution in [0.2, 0.25) is 0 Å². The minimum atomic E-state index is 0.155.